The van der Waals surface area contributed by atoms with Crippen molar-refractivity contribution in [3.8, 4) is 11.4 Å². The molecule has 0 aliphatic rings. The van der Waals surface area contributed by atoms with Crippen LogP contribution in [-0.4, -0.2) is 35.9 Å². The molecular formula is C17H21N7O. The van der Waals surface area contributed by atoms with Crippen LogP contribution in [-0.2, 0) is 7.05 Å². The van der Waals surface area contributed by atoms with Crippen molar-refractivity contribution in [1.29, 1.82) is 0 Å². The highest BCUT2D eigenvalue weighted by molar-refractivity contribution is 6.05. The highest BCUT2D eigenvalue weighted by Crippen LogP contribution is 2.24. The van der Waals surface area contributed by atoms with E-state index >= 15 is 0 Å². The summed E-state index contributed by atoms with van der Waals surface area (Å²) in [6, 6.07) is 7.46. The SMILES string of the molecule is Cc1nn(C(C)C)c(C)c1NC(=O)c1cccc(-c2nnnn2C)c1. The molecule has 3 rings (SSSR count). The number of aryl methyl sites for hydroxylation is 2. The molecule has 0 unspecified atom stereocenters. The first-order chi connectivity index (χ1) is 11.9. The Morgan fingerprint density at radius 3 is 2.60 bits per heavy atom. The molecule has 8 nitrogen and oxygen atoms in total. The zero-order valence-corrected chi connectivity index (χ0v) is 15.0. The van der Waals surface area contributed by atoms with E-state index < -0.39 is 0 Å². The fraction of sp³-hybridized carbons (Fsp3) is 0.353. The van der Waals surface area contributed by atoms with Gasteiger partial charge in [0.05, 0.1) is 17.1 Å². The van der Waals surface area contributed by atoms with Gasteiger partial charge < -0.3 is 5.32 Å². The number of nitrogens with one attached hydrogen (secondary N) is 1. The zero-order valence-electron chi connectivity index (χ0n) is 15.0. The van der Waals surface area contributed by atoms with Crippen LogP contribution in [0.3, 0.4) is 0 Å². The van der Waals surface area contributed by atoms with E-state index in [1.807, 2.05) is 30.7 Å². The van der Waals surface area contributed by atoms with Crippen molar-refractivity contribution >= 4 is 11.6 Å². The van der Waals surface area contributed by atoms with Crippen molar-refractivity contribution in [2.45, 2.75) is 33.7 Å². The maximum absolute atomic E-state index is 12.7. The number of amides is 1. The zero-order chi connectivity index (χ0) is 18.1. The Hall–Kier alpha value is -3.03. The van der Waals surface area contributed by atoms with Gasteiger partial charge in [0.15, 0.2) is 5.82 Å². The molecule has 0 fully saturated rings. The minimum absolute atomic E-state index is 0.188. The van der Waals surface area contributed by atoms with Crippen LogP contribution in [0, 0.1) is 13.8 Å². The molecule has 0 saturated heterocycles. The number of hydrogen-bond donors (Lipinski definition) is 1. The first kappa shape index (κ1) is 16.8. The number of nitrogens with zero attached hydrogens (tertiary/aromatic N) is 6. The fourth-order valence-corrected chi connectivity index (χ4v) is 2.81. The Bertz CT molecular complexity index is 923. The van der Waals surface area contributed by atoms with Gasteiger partial charge in [-0.3, -0.25) is 9.48 Å². The van der Waals surface area contributed by atoms with Crippen LogP contribution >= 0.6 is 0 Å². The van der Waals surface area contributed by atoms with Crippen LogP contribution in [0.15, 0.2) is 24.3 Å². The van der Waals surface area contributed by atoms with Crippen LogP contribution < -0.4 is 5.32 Å². The fourth-order valence-electron chi connectivity index (χ4n) is 2.81. The summed E-state index contributed by atoms with van der Waals surface area (Å²) in [4.78, 5) is 12.7. The Kier molecular flexibility index (Phi) is 4.35. The summed E-state index contributed by atoms with van der Waals surface area (Å²) in [5.41, 5.74) is 3.82. The van der Waals surface area contributed by atoms with Gasteiger partial charge in [0.25, 0.3) is 5.91 Å². The number of anilines is 1. The van der Waals surface area contributed by atoms with Crippen LogP contribution in [0.5, 0.6) is 0 Å². The minimum Gasteiger partial charge on any atom is -0.319 e. The average molecular weight is 339 g/mol. The van der Waals surface area contributed by atoms with E-state index in [2.05, 4.69) is 39.8 Å². The van der Waals surface area contributed by atoms with Crippen LogP contribution in [0.25, 0.3) is 11.4 Å². The van der Waals surface area contributed by atoms with Crippen molar-refractivity contribution in [3.05, 3.63) is 41.2 Å². The van der Waals surface area contributed by atoms with Gasteiger partial charge in [-0.05, 0) is 50.3 Å². The van der Waals surface area contributed by atoms with Gasteiger partial charge in [-0.2, -0.15) is 5.10 Å². The molecule has 0 atom stereocenters. The molecule has 2 heterocycles. The molecule has 0 radical (unpaired) electrons. The minimum atomic E-state index is -0.188. The van der Waals surface area contributed by atoms with E-state index in [-0.39, 0.29) is 11.9 Å². The molecule has 25 heavy (non-hydrogen) atoms. The molecule has 3 aromatic rings. The van der Waals surface area contributed by atoms with Crippen LogP contribution in [0.1, 0.15) is 41.6 Å². The van der Waals surface area contributed by atoms with Crippen LogP contribution in [0.4, 0.5) is 5.69 Å². The number of rotatable bonds is 4. The second kappa shape index (κ2) is 6.46. The van der Waals surface area contributed by atoms with Gasteiger partial charge in [-0.1, -0.05) is 12.1 Å². The van der Waals surface area contributed by atoms with Crippen molar-refractivity contribution < 1.29 is 4.79 Å². The second-order valence-corrected chi connectivity index (χ2v) is 6.25. The largest absolute Gasteiger partial charge is 0.319 e. The number of carbonyl (C=O) groups excluding carboxylic acids is 1. The van der Waals surface area contributed by atoms with Gasteiger partial charge in [-0.25, -0.2) is 4.68 Å². The highest BCUT2D eigenvalue weighted by Gasteiger charge is 2.17. The topological polar surface area (TPSA) is 90.5 Å². The molecular weight excluding hydrogens is 318 g/mol. The quantitative estimate of drug-likeness (QED) is 0.789. The lowest BCUT2D eigenvalue weighted by molar-refractivity contribution is 0.102. The van der Waals surface area contributed by atoms with E-state index in [1.165, 1.54) is 0 Å². The normalized spacial score (nSPS) is 11.1. The second-order valence-electron chi connectivity index (χ2n) is 6.25. The Labute approximate surface area is 145 Å². The van der Waals surface area contributed by atoms with E-state index in [0.717, 1.165) is 22.6 Å². The van der Waals surface area contributed by atoms with E-state index in [9.17, 15) is 4.79 Å². The number of aromatic nitrogens is 6. The average Bonchev–Trinajstić information content (AvgIpc) is 3.13. The van der Waals surface area contributed by atoms with Gasteiger partial charge in [-0.15, -0.1) is 5.10 Å². The first-order valence-corrected chi connectivity index (χ1v) is 8.08. The number of benzene rings is 1. The van der Waals surface area contributed by atoms with Gasteiger partial charge in [0, 0.05) is 24.2 Å². The lowest BCUT2D eigenvalue weighted by atomic mass is 10.1. The molecule has 0 spiro atoms. The molecule has 1 amide bonds. The third-order valence-electron chi connectivity index (χ3n) is 4.06. The Morgan fingerprint density at radius 2 is 2.00 bits per heavy atom. The molecule has 8 heteroatoms. The maximum Gasteiger partial charge on any atom is 0.255 e. The van der Waals surface area contributed by atoms with Gasteiger partial charge in [0.1, 0.15) is 0 Å². The molecule has 130 valence electrons. The molecule has 0 saturated carbocycles. The number of hydrogen-bond acceptors (Lipinski definition) is 5. The first-order valence-electron chi connectivity index (χ1n) is 8.08. The Morgan fingerprint density at radius 1 is 1.24 bits per heavy atom. The molecule has 0 aliphatic carbocycles. The summed E-state index contributed by atoms with van der Waals surface area (Å²) in [6.07, 6.45) is 0. The van der Waals surface area contributed by atoms with E-state index in [1.54, 1.807) is 23.9 Å². The summed E-state index contributed by atoms with van der Waals surface area (Å²) < 4.78 is 3.48. The molecule has 2 aromatic heterocycles. The highest BCUT2D eigenvalue weighted by atomic mass is 16.1. The smallest absolute Gasteiger partial charge is 0.255 e. The summed E-state index contributed by atoms with van der Waals surface area (Å²) in [7, 11) is 1.76. The predicted octanol–water partition coefficient (Wildman–Crippen LogP) is 2.52. The van der Waals surface area contributed by atoms with Crippen molar-refractivity contribution in [2.75, 3.05) is 5.32 Å². The third-order valence-corrected chi connectivity index (χ3v) is 4.06. The summed E-state index contributed by atoms with van der Waals surface area (Å²) in [6.45, 7) is 7.97. The molecule has 0 aliphatic heterocycles. The molecule has 0 bridgehead atoms. The predicted molar refractivity (Wildman–Crippen MR) is 94.3 cm³/mol. The Balaban J connectivity index is 1.89. The lowest BCUT2D eigenvalue weighted by Crippen LogP contribution is -2.13. The maximum atomic E-state index is 12.7. The van der Waals surface area contributed by atoms with Gasteiger partial charge >= 0.3 is 0 Å². The summed E-state index contributed by atoms with van der Waals surface area (Å²) in [5, 5.41) is 18.9. The standard InChI is InChI=1S/C17H21N7O/c1-10(2)24-12(4)15(11(3)20-24)18-17(25)14-8-6-7-13(9-14)16-19-21-22-23(16)5/h6-10H,1-5H3,(H,18,25). The van der Waals surface area contributed by atoms with Crippen molar-refractivity contribution in [1.82, 2.24) is 30.0 Å². The van der Waals surface area contributed by atoms with Crippen LogP contribution in [0.2, 0.25) is 0 Å². The summed E-state index contributed by atoms with van der Waals surface area (Å²) in [5.74, 6) is 0.418. The summed E-state index contributed by atoms with van der Waals surface area (Å²) >= 11 is 0. The van der Waals surface area contributed by atoms with Gasteiger partial charge in [0.2, 0.25) is 0 Å². The van der Waals surface area contributed by atoms with Crippen molar-refractivity contribution in [3.63, 3.8) is 0 Å². The third kappa shape index (κ3) is 3.15. The van der Waals surface area contributed by atoms with Crippen molar-refractivity contribution in [2.24, 2.45) is 7.05 Å². The van der Waals surface area contributed by atoms with E-state index in [0.29, 0.717) is 11.4 Å². The lowest BCUT2D eigenvalue weighted by Gasteiger charge is -2.10. The molecule has 1 N–H and O–H groups in total. The van der Waals surface area contributed by atoms with E-state index in [4.69, 9.17) is 0 Å². The number of tetrazole rings is 1. The monoisotopic (exact) mass is 339 g/mol. The molecule has 1 aromatic carbocycles. The number of carbonyl (C=O) groups is 1.